The Hall–Kier alpha value is -1.36. The number of hydrogen-bond donors (Lipinski definition) is 2. The second-order valence-corrected chi connectivity index (χ2v) is 4.48. The van der Waals surface area contributed by atoms with Gasteiger partial charge in [-0.2, -0.15) is 0 Å². The van der Waals surface area contributed by atoms with Gasteiger partial charge in [0, 0.05) is 12.8 Å². The Bertz CT molecular complexity index is 427. The zero-order valence-corrected chi connectivity index (χ0v) is 9.54. The highest BCUT2D eigenvalue weighted by molar-refractivity contribution is 5.45. The van der Waals surface area contributed by atoms with Crippen molar-refractivity contribution in [3.8, 4) is 11.5 Å². The van der Waals surface area contributed by atoms with Gasteiger partial charge in [-0.05, 0) is 24.6 Å². The second kappa shape index (κ2) is 3.84. The fraction of sp³-hybridized carbons (Fsp3) is 0.500. The number of benzene rings is 1. The lowest BCUT2D eigenvalue weighted by molar-refractivity contribution is -0.125. The van der Waals surface area contributed by atoms with Gasteiger partial charge in [-0.1, -0.05) is 6.07 Å². The molecule has 0 radical (unpaired) electrons. The number of rotatable bonds is 3. The van der Waals surface area contributed by atoms with Crippen LogP contribution >= 0.6 is 0 Å². The predicted octanol–water partition coefficient (Wildman–Crippen LogP) is 2.37. The SMILES string of the molecule is CCOc1cc(C2(N)CC(F)(F)C2)ccc1O. The van der Waals surface area contributed by atoms with Gasteiger partial charge >= 0.3 is 0 Å². The van der Waals surface area contributed by atoms with E-state index in [2.05, 4.69) is 0 Å². The molecule has 0 amide bonds. The molecule has 0 unspecified atom stereocenters. The van der Waals surface area contributed by atoms with Crippen LogP contribution in [0.2, 0.25) is 0 Å². The average molecular weight is 243 g/mol. The summed E-state index contributed by atoms with van der Waals surface area (Å²) in [4.78, 5) is 0. The van der Waals surface area contributed by atoms with Crippen LogP contribution in [-0.2, 0) is 5.54 Å². The average Bonchev–Trinajstić information content (AvgIpc) is 2.18. The van der Waals surface area contributed by atoms with E-state index < -0.39 is 11.5 Å². The summed E-state index contributed by atoms with van der Waals surface area (Å²) in [5.41, 5.74) is 5.46. The fourth-order valence-electron chi connectivity index (χ4n) is 2.17. The van der Waals surface area contributed by atoms with Crippen molar-refractivity contribution < 1.29 is 18.6 Å². The highest BCUT2D eigenvalue weighted by atomic mass is 19.3. The summed E-state index contributed by atoms with van der Waals surface area (Å²) in [5.74, 6) is -2.41. The topological polar surface area (TPSA) is 55.5 Å². The van der Waals surface area contributed by atoms with Crippen LogP contribution < -0.4 is 10.5 Å². The molecule has 0 bridgehead atoms. The third-order valence-electron chi connectivity index (χ3n) is 2.98. The molecule has 1 saturated carbocycles. The van der Waals surface area contributed by atoms with E-state index in [4.69, 9.17) is 10.5 Å². The van der Waals surface area contributed by atoms with E-state index in [9.17, 15) is 13.9 Å². The highest BCUT2D eigenvalue weighted by Crippen LogP contribution is 2.50. The number of nitrogens with two attached hydrogens (primary N) is 1. The van der Waals surface area contributed by atoms with Crippen molar-refractivity contribution in [1.29, 1.82) is 0 Å². The van der Waals surface area contributed by atoms with Gasteiger partial charge in [0.2, 0.25) is 0 Å². The first-order chi connectivity index (χ1) is 7.86. The number of hydrogen-bond acceptors (Lipinski definition) is 3. The maximum Gasteiger partial charge on any atom is 0.252 e. The number of phenols is 1. The minimum atomic E-state index is -2.68. The largest absolute Gasteiger partial charge is 0.504 e. The maximum atomic E-state index is 12.9. The molecule has 5 heteroatoms. The minimum absolute atomic E-state index is 0.00900. The van der Waals surface area contributed by atoms with Crippen LogP contribution in [0.4, 0.5) is 8.78 Å². The highest BCUT2D eigenvalue weighted by Gasteiger charge is 2.55. The predicted molar refractivity (Wildman–Crippen MR) is 59.3 cm³/mol. The van der Waals surface area contributed by atoms with Crippen LogP contribution in [-0.4, -0.2) is 17.6 Å². The van der Waals surface area contributed by atoms with Crippen molar-refractivity contribution in [2.24, 2.45) is 5.73 Å². The van der Waals surface area contributed by atoms with Gasteiger partial charge in [0.1, 0.15) is 0 Å². The number of halogens is 2. The van der Waals surface area contributed by atoms with Crippen molar-refractivity contribution in [3.05, 3.63) is 23.8 Å². The van der Waals surface area contributed by atoms with Gasteiger partial charge in [-0.15, -0.1) is 0 Å². The molecule has 0 heterocycles. The van der Waals surface area contributed by atoms with E-state index in [1.165, 1.54) is 12.1 Å². The van der Waals surface area contributed by atoms with E-state index >= 15 is 0 Å². The zero-order chi connectivity index (χ0) is 12.7. The Morgan fingerprint density at radius 2 is 2.06 bits per heavy atom. The van der Waals surface area contributed by atoms with Crippen molar-refractivity contribution >= 4 is 0 Å². The van der Waals surface area contributed by atoms with Gasteiger partial charge in [-0.3, -0.25) is 0 Å². The molecule has 1 aliphatic carbocycles. The standard InChI is InChI=1S/C12H15F2NO2/c1-2-17-10-5-8(3-4-9(10)16)11(15)6-12(13,14)7-11/h3-5,16H,2,6-7,15H2,1H3. The second-order valence-electron chi connectivity index (χ2n) is 4.48. The molecule has 3 N–H and O–H groups in total. The van der Waals surface area contributed by atoms with Crippen molar-refractivity contribution in [3.63, 3.8) is 0 Å². The molecule has 0 saturated heterocycles. The monoisotopic (exact) mass is 243 g/mol. The lowest BCUT2D eigenvalue weighted by Gasteiger charge is -2.44. The fourth-order valence-corrected chi connectivity index (χ4v) is 2.17. The van der Waals surface area contributed by atoms with E-state index in [0.717, 1.165) is 0 Å². The summed E-state index contributed by atoms with van der Waals surface area (Å²) in [7, 11) is 0. The van der Waals surface area contributed by atoms with Crippen LogP contribution in [0.15, 0.2) is 18.2 Å². The van der Waals surface area contributed by atoms with Gasteiger partial charge in [0.05, 0.1) is 12.1 Å². The summed E-state index contributed by atoms with van der Waals surface area (Å²) >= 11 is 0. The molecule has 1 aromatic rings. The minimum Gasteiger partial charge on any atom is -0.504 e. The van der Waals surface area contributed by atoms with Gasteiger partial charge in [0.25, 0.3) is 5.92 Å². The molecule has 0 spiro atoms. The van der Waals surface area contributed by atoms with E-state index in [0.29, 0.717) is 12.2 Å². The third kappa shape index (κ3) is 2.20. The van der Waals surface area contributed by atoms with E-state index in [1.54, 1.807) is 13.0 Å². The molecule has 17 heavy (non-hydrogen) atoms. The number of alkyl halides is 2. The molecule has 1 aliphatic rings. The van der Waals surface area contributed by atoms with Gasteiger partial charge < -0.3 is 15.6 Å². The van der Waals surface area contributed by atoms with Crippen LogP contribution in [0.3, 0.4) is 0 Å². The maximum absolute atomic E-state index is 12.9. The first kappa shape index (κ1) is 12.1. The lowest BCUT2D eigenvalue weighted by Crippen LogP contribution is -2.55. The summed E-state index contributed by atoms with van der Waals surface area (Å²) in [6, 6.07) is 4.52. The first-order valence-corrected chi connectivity index (χ1v) is 5.49. The Kier molecular flexibility index (Phi) is 2.73. The third-order valence-corrected chi connectivity index (χ3v) is 2.98. The molecule has 1 aromatic carbocycles. The Morgan fingerprint density at radius 1 is 1.41 bits per heavy atom. The summed E-state index contributed by atoms with van der Waals surface area (Å²) in [5, 5.41) is 9.51. The molecule has 1 fully saturated rings. The Morgan fingerprint density at radius 3 is 2.59 bits per heavy atom. The summed E-state index contributed by atoms with van der Waals surface area (Å²) in [6.45, 7) is 2.17. The van der Waals surface area contributed by atoms with Gasteiger partial charge in [-0.25, -0.2) is 8.78 Å². The first-order valence-electron chi connectivity index (χ1n) is 5.49. The zero-order valence-electron chi connectivity index (χ0n) is 9.54. The molecule has 0 atom stereocenters. The summed E-state index contributed by atoms with van der Waals surface area (Å²) < 4.78 is 31.0. The molecular formula is C12H15F2NO2. The van der Waals surface area contributed by atoms with Crippen LogP contribution in [0.1, 0.15) is 25.3 Å². The molecule has 2 rings (SSSR count). The van der Waals surface area contributed by atoms with Crippen molar-refractivity contribution in [2.45, 2.75) is 31.2 Å². The normalized spacial score (nSPS) is 20.7. The Labute approximate surface area is 98.2 Å². The lowest BCUT2D eigenvalue weighted by atomic mass is 9.70. The van der Waals surface area contributed by atoms with Crippen LogP contribution in [0.5, 0.6) is 11.5 Å². The van der Waals surface area contributed by atoms with Crippen LogP contribution in [0, 0.1) is 0 Å². The number of aromatic hydroxyl groups is 1. The van der Waals surface area contributed by atoms with Gasteiger partial charge in [0.15, 0.2) is 11.5 Å². The number of ether oxygens (including phenoxy) is 1. The molecule has 0 aliphatic heterocycles. The molecular weight excluding hydrogens is 228 g/mol. The van der Waals surface area contributed by atoms with Crippen molar-refractivity contribution in [2.75, 3.05) is 6.61 Å². The Balaban J connectivity index is 2.25. The summed E-state index contributed by atoms with van der Waals surface area (Å²) in [6.07, 6.45) is -0.729. The molecule has 0 aromatic heterocycles. The quantitative estimate of drug-likeness (QED) is 0.857. The number of phenolic OH excluding ortho intramolecular Hbond substituents is 1. The van der Waals surface area contributed by atoms with E-state index in [1.807, 2.05) is 0 Å². The smallest absolute Gasteiger partial charge is 0.252 e. The molecule has 3 nitrogen and oxygen atoms in total. The molecule has 94 valence electrons. The van der Waals surface area contributed by atoms with Crippen LogP contribution in [0.25, 0.3) is 0 Å². The van der Waals surface area contributed by atoms with Crippen molar-refractivity contribution in [1.82, 2.24) is 0 Å². The van der Waals surface area contributed by atoms with E-state index in [-0.39, 0.29) is 24.3 Å².